The summed E-state index contributed by atoms with van der Waals surface area (Å²) in [6.07, 6.45) is 1.86. The largest absolute Gasteiger partial charge is 0.353 e. The molecule has 0 bridgehead atoms. The maximum atomic E-state index is 11.1. The van der Waals surface area contributed by atoms with Crippen LogP contribution in [-0.4, -0.2) is 34.3 Å². The van der Waals surface area contributed by atoms with E-state index in [1.807, 2.05) is 6.92 Å². The molecule has 82 valence electrons. The molecule has 1 aliphatic rings. The fraction of sp³-hybridized carbons (Fsp3) is 0.875. The van der Waals surface area contributed by atoms with E-state index in [0.717, 1.165) is 24.3 Å². The van der Waals surface area contributed by atoms with E-state index in [0.29, 0.717) is 18.5 Å². The summed E-state index contributed by atoms with van der Waals surface area (Å²) in [4.78, 5) is 4.15. The number of hydrogen-bond acceptors (Lipinski definition) is 3. The van der Waals surface area contributed by atoms with Crippen molar-refractivity contribution in [2.24, 2.45) is 10.8 Å². The van der Waals surface area contributed by atoms with E-state index < -0.39 is 10.8 Å². The highest BCUT2D eigenvalue weighted by Gasteiger charge is 2.18. The Kier molecular flexibility index (Phi) is 4.89. The van der Waals surface area contributed by atoms with E-state index in [1.54, 1.807) is 0 Å². The van der Waals surface area contributed by atoms with Gasteiger partial charge in [-0.05, 0) is 19.8 Å². The lowest BCUT2D eigenvalue weighted by atomic mass is 10.2. The molecule has 0 amide bonds. The van der Waals surface area contributed by atoms with Crippen LogP contribution in [0.5, 0.6) is 0 Å². The lowest BCUT2D eigenvalue weighted by Crippen LogP contribution is -2.48. The number of hydrazine groups is 1. The van der Waals surface area contributed by atoms with Crippen molar-refractivity contribution in [3.05, 3.63) is 0 Å². The third-order valence-electron chi connectivity index (χ3n) is 2.18. The van der Waals surface area contributed by atoms with Crippen LogP contribution in [-0.2, 0) is 10.8 Å². The molecule has 0 atom stereocenters. The number of aliphatic imine (C=N–C) groups is 1. The van der Waals surface area contributed by atoms with E-state index in [1.165, 1.54) is 0 Å². The van der Waals surface area contributed by atoms with E-state index in [2.05, 4.69) is 15.7 Å². The number of nitrogens with two attached hydrogens (primary N) is 1. The Hall–Kier alpha value is -0.620. The summed E-state index contributed by atoms with van der Waals surface area (Å²) in [6.45, 7) is 2.65. The van der Waals surface area contributed by atoms with Gasteiger partial charge in [0.25, 0.3) is 0 Å². The molecular weight excluding hydrogens is 200 g/mol. The number of guanidine groups is 1. The first-order valence-corrected chi connectivity index (χ1v) is 6.37. The second kappa shape index (κ2) is 5.98. The van der Waals surface area contributed by atoms with Gasteiger partial charge in [-0.25, -0.2) is 5.84 Å². The molecule has 4 N–H and O–H groups in total. The number of nitrogens with one attached hydrogen (secondary N) is 2. The molecule has 1 aliphatic heterocycles. The van der Waals surface area contributed by atoms with Crippen LogP contribution in [0.1, 0.15) is 19.8 Å². The standard InChI is InChI=1S/C8H18N4OS/c1-2-10-8(12-9)11-7-3-5-14(13)6-4-7/h7H,2-6,9H2,1H3,(H2,10,11,12). The molecule has 0 spiro atoms. The van der Waals surface area contributed by atoms with Crippen LogP contribution >= 0.6 is 0 Å². The zero-order valence-electron chi connectivity index (χ0n) is 8.45. The predicted octanol–water partition coefficient (Wildman–Crippen LogP) is -0.674. The van der Waals surface area contributed by atoms with Crippen LogP contribution < -0.4 is 16.6 Å². The molecule has 6 heteroatoms. The molecule has 1 rings (SSSR count). The first-order valence-electron chi connectivity index (χ1n) is 4.88. The number of rotatable bonds is 2. The van der Waals surface area contributed by atoms with Crippen LogP contribution in [0.4, 0.5) is 0 Å². The highest BCUT2D eigenvalue weighted by molar-refractivity contribution is 7.85. The summed E-state index contributed by atoms with van der Waals surface area (Å²) >= 11 is 0. The van der Waals surface area contributed by atoms with Gasteiger partial charge in [-0.3, -0.25) is 14.6 Å². The molecule has 0 aromatic heterocycles. The molecule has 0 aromatic carbocycles. The van der Waals surface area contributed by atoms with Crippen LogP contribution in [0.25, 0.3) is 0 Å². The zero-order valence-corrected chi connectivity index (χ0v) is 9.27. The van der Waals surface area contributed by atoms with Crippen molar-refractivity contribution in [1.29, 1.82) is 0 Å². The summed E-state index contributed by atoms with van der Waals surface area (Å²) < 4.78 is 11.1. The average Bonchev–Trinajstić information content (AvgIpc) is 2.20. The first kappa shape index (κ1) is 11.5. The summed E-state index contributed by atoms with van der Waals surface area (Å²) in [5.41, 5.74) is 2.52. The van der Waals surface area contributed by atoms with Gasteiger partial charge in [0.15, 0.2) is 0 Å². The SMILES string of the molecule is CCN=C(NN)NC1CCS(=O)CC1. The molecule has 1 saturated heterocycles. The second-order valence-corrected chi connectivity index (χ2v) is 4.93. The van der Waals surface area contributed by atoms with Gasteiger partial charge in [0.1, 0.15) is 0 Å². The molecule has 0 aromatic rings. The topological polar surface area (TPSA) is 79.5 Å². The summed E-state index contributed by atoms with van der Waals surface area (Å²) in [5.74, 6) is 7.49. The van der Waals surface area contributed by atoms with Crippen molar-refractivity contribution in [3.63, 3.8) is 0 Å². The normalized spacial score (nSPS) is 28.6. The lowest BCUT2D eigenvalue weighted by Gasteiger charge is -2.23. The Balaban J connectivity index is 2.36. The van der Waals surface area contributed by atoms with Gasteiger partial charge in [-0.2, -0.15) is 0 Å². The maximum Gasteiger partial charge on any atom is 0.205 e. The Bertz CT molecular complexity index is 221. The number of hydrogen-bond donors (Lipinski definition) is 3. The van der Waals surface area contributed by atoms with Crippen LogP contribution in [0.3, 0.4) is 0 Å². The van der Waals surface area contributed by atoms with Crippen LogP contribution in [0.15, 0.2) is 4.99 Å². The quantitative estimate of drug-likeness (QED) is 0.248. The molecule has 0 unspecified atom stereocenters. The highest BCUT2D eigenvalue weighted by atomic mass is 32.2. The van der Waals surface area contributed by atoms with Crippen molar-refractivity contribution in [2.45, 2.75) is 25.8 Å². The molecule has 0 saturated carbocycles. The van der Waals surface area contributed by atoms with E-state index in [-0.39, 0.29) is 0 Å². The minimum atomic E-state index is -0.613. The van der Waals surface area contributed by atoms with E-state index >= 15 is 0 Å². The molecule has 5 nitrogen and oxygen atoms in total. The van der Waals surface area contributed by atoms with Crippen molar-refractivity contribution in [3.8, 4) is 0 Å². The Morgan fingerprint density at radius 1 is 1.57 bits per heavy atom. The van der Waals surface area contributed by atoms with Crippen molar-refractivity contribution in [1.82, 2.24) is 10.7 Å². The molecule has 1 heterocycles. The zero-order chi connectivity index (χ0) is 10.4. The number of nitrogens with zero attached hydrogens (tertiary/aromatic N) is 1. The first-order chi connectivity index (χ1) is 6.76. The van der Waals surface area contributed by atoms with Crippen LogP contribution in [0.2, 0.25) is 0 Å². The van der Waals surface area contributed by atoms with E-state index in [9.17, 15) is 4.21 Å². The smallest absolute Gasteiger partial charge is 0.205 e. The molecule has 1 fully saturated rings. The third-order valence-corrected chi connectivity index (χ3v) is 3.56. The predicted molar refractivity (Wildman–Crippen MR) is 59.3 cm³/mol. The fourth-order valence-electron chi connectivity index (χ4n) is 1.42. The Labute approximate surface area is 87.0 Å². The van der Waals surface area contributed by atoms with Gasteiger partial charge >= 0.3 is 0 Å². The van der Waals surface area contributed by atoms with E-state index in [4.69, 9.17) is 5.84 Å². The van der Waals surface area contributed by atoms with Gasteiger partial charge in [0, 0.05) is 34.9 Å². The van der Waals surface area contributed by atoms with Gasteiger partial charge in [0.05, 0.1) is 0 Å². The van der Waals surface area contributed by atoms with Crippen molar-refractivity contribution in [2.75, 3.05) is 18.1 Å². The average molecular weight is 218 g/mol. The monoisotopic (exact) mass is 218 g/mol. The second-order valence-electron chi connectivity index (χ2n) is 3.23. The molecular formula is C8H18N4OS. The highest BCUT2D eigenvalue weighted by Crippen LogP contribution is 2.08. The fourth-order valence-corrected chi connectivity index (χ4v) is 2.72. The molecule has 0 radical (unpaired) electrons. The van der Waals surface area contributed by atoms with Gasteiger partial charge in [0.2, 0.25) is 5.96 Å². The summed E-state index contributed by atoms with van der Waals surface area (Å²) in [5, 5.41) is 3.21. The maximum absolute atomic E-state index is 11.1. The van der Waals surface area contributed by atoms with Crippen molar-refractivity contribution < 1.29 is 4.21 Å². The minimum absolute atomic E-state index is 0.356. The lowest BCUT2D eigenvalue weighted by molar-refractivity contribution is 0.543. The summed E-state index contributed by atoms with van der Waals surface area (Å²) in [7, 11) is -0.613. The van der Waals surface area contributed by atoms with Gasteiger partial charge in [-0.1, -0.05) is 0 Å². The Morgan fingerprint density at radius 2 is 2.21 bits per heavy atom. The molecule has 0 aliphatic carbocycles. The Morgan fingerprint density at radius 3 is 2.71 bits per heavy atom. The van der Waals surface area contributed by atoms with Crippen molar-refractivity contribution >= 4 is 16.8 Å². The molecule has 14 heavy (non-hydrogen) atoms. The van der Waals surface area contributed by atoms with Crippen LogP contribution in [0, 0.1) is 0 Å². The third kappa shape index (κ3) is 3.63. The minimum Gasteiger partial charge on any atom is -0.353 e. The van der Waals surface area contributed by atoms with Gasteiger partial charge < -0.3 is 5.32 Å². The summed E-state index contributed by atoms with van der Waals surface area (Å²) in [6, 6.07) is 0.356. The van der Waals surface area contributed by atoms with Gasteiger partial charge in [-0.15, -0.1) is 0 Å².